The Balaban J connectivity index is 1.86. The second-order valence-corrected chi connectivity index (χ2v) is 7.61. The normalized spacial score (nSPS) is 16.2. The lowest BCUT2D eigenvalue weighted by Crippen LogP contribution is -2.35. The Morgan fingerprint density at radius 2 is 1.65 bits per heavy atom. The molecule has 0 N–H and O–H groups in total. The standard InChI is InChI=1S/C18H18FNO2S/c1-14-4-10-18(11-5-14)23(21,22)20-12-2-3-16(13-20)15-6-8-17(19)9-7-15/h3-11H,2,12-13H2,1H3. The summed E-state index contributed by atoms with van der Waals surface area (Å²) in [4.78, 5) is 0.309. The highest BCUT2D eigenvalue weighted by Gasteiger charge is 2.27. The van der Waals surface area contributed by atoms with E-state index in [0.717, 1.165) is 16.7 Å². The molecule has 0 saturated carbocycles. The van der Waals surface area contributed by atoms with Gasteiger partial charge in [-0.3, -0.25) is 0 Å². The monoisotopic (exact) mass is 331 g/mol. The maximum Gasteiger partial charge on any atom is 0.243 e. The van der Waals surface area contributed by atoms with Crippen molar-refractivity contribution in [2.75, 3.05) is 13.1 Å². The predicted octanol–water partition coefficient (Wildman–Crippen LogP) is 3.61. The van der Waals surface area contributed by atoms with E-state index in [0.29, 0.717) is 24.4 Å². The zero-order chi connectivity index (χ0) is 16.4. The van der Waals surface area contributed by atoms with Crippen molar-refractivity contribution in [2.24, 2.45) is 0 Å². The van der Waals surface area contributed by atoms with Crippen molar-refractivity contribution in [2.45, 2.75) is 18.2 Å². The van der Waals surface area contributed by atoms with Crippen molar-refractivity contribution in [1.29, 1.82) is 0 Å². The molecule has 3 rings (SSSR count). The fraction of sp³-hybridized carbons (Fsp3) is 0.222. The van der Waals surface area contributed by atoms with Crippen LogP contribution in [0.15, 0.2) is 59.5 Å². The number of aryl methyl sites for hydroxylation is 1. The summed E-state index contributed by atoms with van der Waals surface area (Å²) in [6.45, 7) is 2.69. The van der Waals surface area contributed by atoms with Crippen molar-refractivity contribution in [3.05, 3.63) is 71.6 Å². The maximum atomic E-state index is 13.0. The van der Waals surface area contributed by atoms with Crippen LogP contribution in [0, 0.1) is 12.7 Å². The number of rotatable bonds is 3. The Labute approximate surface area is 136 Å². The molecule has 0 radical (unpaired) electrons. The van der Waals surface area contributed by atoms with Gasteiger partial charge in [0, 0.05) is 13.1 Å². The molecule has 0 aromatic heterocycles. The SMILES string of the molecule is Cc1ccc(S(=O)(=O)N2CCC=C(c3ccc(F)cc3)C2)cc1. The Kier molecular flexibility index (Phi) is 4.33. The maximum absolute atomic E-state index is 13.0. The first-order chi connectivity index (χ1) is 11.0. The van der Waals surface area contributed by atoms with E-state index in [2.05, 4.69) is 0 Å². The van der Waals surface area contributed by atoms with Gasteiger partial charge in [-0.2, -0.15) is 4.31 Å². The van der Waals surface area contributed by atoms with Crippen LogP contribution in [0.3, 0.4) is 0 Å². The Morgan fingerprint density at radius 3 is 2.30 bits per heavy atom. The minimum Gasteiger partial charge on any atom is -0.207 e. The van der Waals surface area contributed by atoms with E-state index in [-0.39, 0.29) is 5.82 Å². The van der Waals surface area contributed by atoms with Crippen LogP contribution in [0.1, 0.15) is 17.5 Å². The highest BCUT2D eigenvalue weighted by Crippen LogP contribution is 2.26. The molecular weight excluding hydrogens is 313 g/mol. The second kappa shape index (κ2) is 6.26. The van der Waals surface area contributed by atoms with Gasteiger partial charge in [-0.1, -0.05) is 35.9 Å². The average molecular weight is 331 g/mol. The molecule has 1 heterocycles. The predicted molar refractivity (Wildman–Crippen MR) is 88.9 cm³/mol. The largest absolute Gasteiger partial charge is 0.243 e. The van der Waals surface area contributed by atoms with Gasteiger partial charge in [-0.05, 0) is 48.7 Å². The van der Waals surface area contributed by atoms with Crippen LogP contribution in [-0.4, -0.2) is 25.8 Å². The molecule has 3 nitrogen and oxygen atoms in total. The number of nitrogens with zero attached hydrogens (tertiary/aromatic N) is 1. The van der Waals surface area contributed by atoms with Gasteiger partial charge in [0.15, 0.2) is 0 Å². The van der Waals surface area contributed by atoms with Gasteiger partial charge < -0.3 is 0 Å². The van der Waals surface area contributed by atoms with Gasteiger partial charge in [-0.25, -0.2) is 12.8 Å². The van der Waals surface area contributed by atoms with E-state index in [1.807, 2.05) is 13.0 Å². The first kappa shape index (κ1) is 15.9. The molecule has 5 heteroatoms. The van der Waals surface area contributed by atoms with Crippen molar-refractivity contribution < 1.29 is 12.8 Å². The minimum atomic E-state index is -3.51. The molecule has 0 unspecified atom stereocenters. The van der Waals surface area contributed by atoms with Gasteiger partial charge in [0.1, 0.15) is 5.82 Å². The lowest BCUT2D eigenvalue weighted by molar-refractivity contribution is 0.443. The molecule has 1 aliphatic heterocycles. The third-order valence-corrected chi connectivity index (χ3v) is 5.85. The van der Waals surface area contributed by atoms with Gasteiger partial charge in [-0.15, -0.1) is 0 Å². The first-order valence-electron chi connectivity index (χ1n) is 7.48. The highest BCUT2D eigenvalue weighted by molar-refractivity contribution is 7.89. The Hall–Kier alpha value is -1.98. The van der Waals surface area contributed by atoms with Crippen LogP contribution >= 0.6 is 0 Å². The van der Waals surface area contributed by atoms with E-state index in [1.165, 1.54) is 16.4 Å². The van der Waals surface area contributed by atoms with Gasteiger partial charge >= 0.3 is 0 Å². The van der Waals surface area contributed by atoms with Crippen LogP contribution in [-0.2, 0) is 10.0 Å². The molecule has 0 saturated heterocycles. The highest BCUT2D eigenvalue weighted by atomic mass is 32.2. The van der Waals surface area contributed by atoms with Crippen LogP contribution in [0.4, 0.5) is 4.39 Å². The molecular formula is C18H18FNO2S. The van der Waals surface area contributed by atoms with E-state index in [9.17, 15) is 12.8 Å². The van der Waals surface area contributed by atoms with Crippen molar-refractivity contribution in [1.82, 2.24) is 4.31 Å². The Bertz CT molecular complexity index is 824. The van der Waals surface area contributed by atoms with E-state index in [4.69, 9.17) is 0 Å². The molecule has 2 aromatic rings. The molecule has 1 aliphatic rings. The van der Waals surface area contributed by atoms with Crippen molar-refractivity contribution in [3.63, 3.8) is 0 Å². The quantitative estimate of drug-likeness (QED) is 0.861. The summed E-state index contributed by atoms with van der Waals surface area (Å²) in [5.74, 6) is -0.297. The Morgan fingerprint density at radius 1 is 1.00 bits per heavy atom. The summed E-state index contributed by atoms with van der Waals surface area (Å²) >= 11 is 0. The summed E-state index contributed by atoms with van der Waals surface area (Å²) in [5, 5.41) is 0. The zero-order valence-electron chi connectivity index (χ0n) is 12.9. The minimum absolute atomic E-state index is 0.297. The molecule has 2 aromatic carbocycles. The molecule has 0 spiro atoms. The summed E-state index contributed by atoms with van der Waals surface area (Å²) in [6.07, 6.45) is 2.67. The van der Waals surface area contributed by atoms with Crippen LogP contribution in [0.2, 0.25) is 0 Å². The number of hydrogen-bond acceptors (Lipinski definition) is 2. The number of halogens is 1. The summed E-state index contributed by atoms with van der Waals surface area (Å²) < 4.78 is 40.1. The smallest absolute Gasteiger partial charge is 0.207 e. The molecule has 0 amide bonds. The third-order valence-electron chi connectivity index (χ3n) is 3.99. The molecule has 120 valence electrons. The molecule has 0 aliphatic carbocycles. The fourth-order valence-electron chi connectivity index (χ4n) is 2.65. The van der Waals surface area contributed by atoms with Crippen molar-refractivity contribution >= 4 is 15.6 Å². The third kappa shape index (κ3) is 3.35. The second-order valence-electron chi connectivity index (χ2n) is 5.68. The lowest BCUT2D eigenvalue weighted by atomic mass is 10.0. The topological polar surface area (TPSA) is 37.4 Å². The summed E-state index contributed by atoms with van der Waals surface area (Å²) in [6, 6.07) is 13.0. The molecule has 0 bridgehead atoms. The lowest BCUT2D eigenvalue weighted by Gasteiger charge is -2.27. The fourth-order valence-corrected chi connectivity index (χ4v) is 4.09. The summed E-state index contributed by atoms with van der Waals surface area (Å²) in [7, 11) is -3.51. The van der Waals surface area contributed by atoms with E-state index < -0.39 is 10.0 Å². The number of sulfonamides is 1. The van der Waals surface area contributed by atoms with Crippen molar-refractivity contribution in [3.8, 4) is 0 Å². The molecule has 0 atom stereocenters. The molecule has 23 heavy (non-hydrogen) atoms. The number of benzene rings is 2. The summed E-state index contributed by atoms with van der Waals surface area (Å²) in [5.41, 5.74) is 2.79. The van der Waals surface area contributed by atoms with Gasteiger partial charge in [0.05, 0.1) is 4.90 Å². The molecule has 0 fully saturated rings. The van der Waals surface area contributed by atoms with Gasteiger partial charge in [0.25, 0.3) is 0 Å². The first-order valence-corrected chi connectivity index (χ1v) is 8.92. The van der Waals surface area contributed by atoms with Crippen LogP contribution in [0.25, 0.3) is 5.57 Å². The van der Waals surface area contributed by atoms with Crippen LogP contribution in [0.5, 0.6) is 0 Å². The van der Waals surface area contributed by atoms with Gasteiger partial charge in [0.2, 0.25) is 10.0 Å². The van der Waals surface area contributed by atoms with Crippen LogP contribution < -0.4 is 0 Å². The zero-order valence-corrected chi connectivity index (χ0v) is 13.7. The number of hydrogen-bond donors (Lipinski definition) is 0. The van der Waals surface area contributed by atoms with E-state index >= 15 is 0 Å². The van der Waals surface area contributed by atoms with E-state index in [1.54, 1.807) is 36.4 Å². The average Bonchev–Trinajstić information content (AvgIpc) is 2.56.